The fourth-order valence-electron chi connectivity index (χ4n) is 2.95. The van der Waals surface area contributed by atoms with Crippen molar-refractivity contribution in [3.63, 3.8) is 0 Å². The molecule has 0 aliphatic rings. The van der Waals surface area contributed by atoms with Crippen LogP contribution in [0.3, 0.4) is 0 Å². The molecular weight excluding hydrogens is 380 g/mol. The Morgan fingerprint density at radius 3 is 2.37 bits per heavy atom. The molecular formula is C24H26N2O4. The Morgan fingerprint density at radius 2 is 1.70 bits per heavy atom. The minimum absolute atomic E-state index is 0.0923. The van der Waals surface area contributed by atoms with Crippen molar-refractivity contribution in [3.05, 3.63) is 65.7 Å². The zero-order valence-electron chi connectivity index (χ0n) is 17.6. The van der Waals surface area contributed by atoms with Crippen LogP contribution in [0.4, 0.5) is 0 Å². The van der Waals surface area contributed by atoms with Gasteiger partial charge < -0.3 is 14.2 Å². The molecule has 0 aromatic heterocycles. The Balaban J connectivity index is 1.75. The Kier molecular flexibility index (Phi) is 6.91. The van der Waals surface area contributed by atoms with Gasteiger partial charge in [-0.3, -0.25) is 4.79 Å². The van der Waals surface area contributed by atoms with Crippen molar-refractivity contribution in [2.75, 3.05) is 14.2 Å². The van der Waals surface area contributed by atoms with Crippen LogP contribution in [0.1, 0.15) is 36.2 Å². The fourth-order valence-corrected chi connectivity index (χ4v) is 2.95. The van der Waals surface area contributed by atoms with Gasteiger partial charge in [0.25, 0.3) is 5.91 Å². The number of rotatable bonds is 8. The highest BCUT2D eigenvalue weighted by molar-refractivity contribution is 6.02. The molecule has 0 aliphatic heterocycles. The van der Waals surface area contributed by atoms with Crippen molar-refractivity contribution in [1.29, 1.82) is 0 Å². The minimum Gasteiger partial charge on any atom is -0.496 e. The lowest BCUT2D eigenvalue weighted by molar-refractivity contribution is 0.0952. The molecule has 0 heterocycles. The summed E-state index contributed by atoms with van der Waals surface area (Å²) in [7, 11) is 3.13. The molecule has 3 aromatic carbocycles. The maximum Gasteiger partial charge on any atom is 0.275 e. The number of nitrogens with one attached hydrogen (secondary N) is 1. The van der Waals surface area contributed by atoms with Crippen LogP contribution in [-0.4, -0.2) is 32.4 Å². The molecule has 0 bridgehead atoms. The third kappa shape index (κ3) is 4.89. The standard InChI is InChI=1S/C24H26N2O4/c1-5-16(2)30-21-11-10-17(12-23(21)29-4)15-25-26-24(27)20-13-18-8-6-7-9-19(18)14-22(20)28-3/h6-16H,5H2,1-4H3,(H,26,27)/b25-15-/t16-/m1/s1. The summed E-state index contributed by atoms with van der Waals surface area (Å²) in [5.41, 5.74) is 3.75. The van der Waals surface area contributed by atoms with E-state index in [1.807, 2.05) is 55.5 Å². The zero-order valence-corrected chi connectivity index (χ0v) is 17.6. The maximum atomic E-state index is 12.6. The molecule has 0 unspecified atom stereocenters. The molecule has 1 atom stereocenters. The van der Waals surface area contributed by atoms with Gasteiger partial charge in [0, 0.05) is 0 Å². The molecule has 1 amide bonds. The van der Waals surface area contributed by atoms with Crippen molar-refractivity contribution in [3.8, 4) is 17.2 Å². The summed E-state index contributed by atoms with van der Waals surface area (Å²) >= 11 is 0. The van der Waals surface area contributed by atoms with Crippen molar-refractivity contribution in [1.82, 2.24) is 5.43 Å². The van der Waals surface area contributed by atoms with Gasteiger partial charge in [-0.2, -0.15) is 5.10 Å². The summed E-state index contributed by atoms with van der Waals surface area (Å²) in [6, 6.07) is 16.9. The first-order chi connectivity index (χ1) is 14.5. The van der Waals surface area contributed by atoms with Crippen LogP contribution >= 0.6 is 0 Å². The van der Waals surface area contributed by atoms with E-state index in [-0.39, 0.29) is 12.0 Å². The number of benzene rings is 3. The number of hydrazone groups is 1. The van der Waals surface area contributed by atoms with E-state index < -0.39 is 0 Å². The average molecular weight is 406 g/mol. The van der Waals surface area contributed by atoms with Crippen LogP contribution in [-0.2, 0) is 0 Å². The molecule has 0 spiro atoms. The molecule has 0 saturated carbocycles. The van der Waals surface area contributed by atoms with Gasteiger partial charge in [-0.15, -0.1) is 0 Å². The van der Waals surface area contributed by atoms with Gasteiger partial charge in [-0.1, -0.05) is 31.2 Å². The van der Waals surface area contributed by atoms with E-state index >= 15 is 0 Å². The van der Waals surface area contributed by atoms with Gasteiger partial charge in [0.05, 0.1) is 32.1 Å². The lowest BCUT2D eigenvalue weighted by Crippen LogP contribution is -2.18. The average Bonchev–Trinajstić information content (AvgIpc) is 2.78. The molecule has 1 N–H and O–H groups in total. The molecule has 6 nitrogen and oxygen atoms in total. The van der Waals surface area contributed by atoms with Crippen molar-refractivity contribution < 1.29 is 19.0 Å². The third-order valence-corrected chi connectivity index (χ3v) is 4.78. The van der Waals surface area contributed by atoms with E-state index in [4.69, 9.17) is 14.2 Å². The van der Waals surface area contributed by atoms with Crippen LogP contribution in [0.15, 0.2) is 59.7 Å². The quantitative estimate of drug-likeness (QED) is 0.431. The normalized spacial score (nSPS) is 12.0. The van der Waals surface area contributed by atoms with Crippen LogP contribution in [0.2, 0.25) is 0 Å². The summed E-state index contributed by atoms with van der Waals surface area (Å²) in [4.78, 5) is 12.6. The van der Waals surface area contributed by atoms with Gasteiger partial charge in [0.2, 0.25) is 0 Å². The topological polar surface area (TPSA) is 69.2 Å². The van der Waals surface area contributed by atoms with Gasteiger partial charge in [0.15, 0.2) is 11.5 Å². The second kappa shape index (κ2) is 9.78. The van der Waals surface area contributed by atoms with E-state index in [1.54, 1.807) is 26.5 Å². The second-order valence-corrected chi connectivity index (χ2v) is 6.85. The number of hydrogen-bond acceptors (Lipinski definition) is 5. The largest absolute Gasteiger partial charge is 0.496 e. The number of fused-ring (bicyclic) bond motifs is 1. The SMILES string of the molecule is CC[C@@H](C)Oc1ccc(/C=N\NC(=O)c2cc3ccccc3cc2OC)cc1OC. The molecule has 0 radical (unpaired) electrons. The molecule has 3 rings (SSSR count). The molecule has 3 aromatic rings. The summed E-state index contributed by atoms with van der Waals surface area (Å²) < 4.78 is 16.6. The Hall–Kier alpha value is -3.54. The molecule has 6 heteroatoms. The lowest BCUT2D eigenvalue weighted by Gasteiger charge is -2.15. The third-order valence-electron chi connectivity index (χ3n) is 4.78. The summed E-state index contributed by atoms with van der Waals surface area (Å²) in [5, 5.41) is 6.03. The number of amides is 1. The highest BCUT2D eigenvalue weighted by Crippen LogP contribution is 2.29. The predicted octanol–water partition coefficient (Wildman–Crippen LogP) is 4.80. The number of nitrogens with zero attached hydrogens (tertiary/aromatic N) is 1. The van der Waals surface area contributed by atoms with Gasteiger partial charge in [-0.05, 0) is 60.0 Å². The Morgan fingerprint density at radius 1 is 1.00 bits per heavy atom. The van der Waals surface area contributed by atoms with E-state index in [9.17, 15) is 4.79 Å². The van der Waals surface area contributed by atoms with Crippen LogP contribution in [0, 0.1) is 0 Å². The van der Waals surface area contributed by atoms with Crippen molar-refractivity contribution in [2.45, 2.75) is 26.4 Å². The van der Waals surface area contributed by atoms with E-state index in [1.165, 1.54) is 0 Å². The lowest BCUT2D eigenvalue weighted by atomic mass is 10.1. The van der Waals surface area contributed by atoms with E-state index in [0.29, 0.717) is 22.8 Å². The highest BCUT2D eigenvalue weighted by Gasteiger charge is 2.13. The highest BCUT2D eigenvalue weighted by atomic mass is 16.5. The first-order valence-electron chi connectivity index (χ1n) is 9.80. The summed E-state index contributed by atoms with van der Waals surface area (Å²) in [6.07, 6.45) is 2.55. The Bertz CT molecular complexity index is 1060. The zero-order chi connectivity index (χ0) is 21.5. The summed E-state index contributed by atoms with van der Waals surface area (Å²) in [6.45, 7) is 4.07. The fraction of sp³-hybridized carbons (Fsp3) is 0.250. The van der Waals surface area contributed by atoms with Crippen LogP contribution in [0.5, 0.6) is 17.2 Å². The molecule has 0 fully saturated rings. The number of methoxy groups -OCH3 is 2. The number of hydrogen-bond donors (Lipinski definition) is 1. The Labute approximate surface area is 176 Å². The monoisotopic (exact) mass is 406 g/mol. The number of ether oxygens (including phenoxy) is 3. The van der Waals surface area contributed by atoms with E-state index in [2.05, 4.69) is 17.5 Å². The first-order valence-corrected chi connectivity index (χ1v) is 9.80. The number of carbonyl (C=O) groups is 1. The van der Waals surface area contributed by atoms with Crippen LogP contribution in [0.25, 0.3) is 10.8 Å². The number of carbonyl (C=O) groups excluding carboxylic acids is 1. The van der Waals surface area contributed by atoms with Gasteiger partial charge in [-0.25, -0.2) is 5.43 Å². The van der Waals surface area contributed by atoms with Crippen molar-refractivity contribution >= 4 is 22.9 Å². The van der Waals surface area contributed by atoms with Gasteiger partial charge >= 0.3 is 0 Å². The van der Waals surface area contributed by atoms with Crippen molar-refractivity contribution in [2.24, 2.45) is 5.10 Å². The predicted molar refractivity (Wildman–Crippen MR) is 119 cm³/mol. The maximum absolute atomic E-state index is 12.6. The summed E-state index contributed by atoms with van der Waals surface area (Å²) in [5.74, 6) is 1.43. The molecule has 0 aliphatic carbocycles. The smallest absolute Gasteiger partial charge is 0.275 e. The van der Waals surface area contributed by atoms with Crippen LogP contribution < -0.4 is 19.6 Å². The van der Waals surface area contributed by atoms with Gasteiger partial charge in [0.1, 0.15) is 5.75 Å². The molecule has 156 valence electrons. The molecule has 30 heavy (non-hydrogen) atoms. The molecule has 0 saturated heterocycles. The minimum atomic E-state index is -0.349. The first kappa shape index (κ1) is 21.2. The second-order valence-electron chi connectivity index (χ2n) is 6.85. The van der Waals surface area contributed by atoms with E-state index in [0.717, 1.165) is 22.8 Å².